The molecule has 0 aromatic heterocycles. The van der Waals surface area contributed by atoms with E-state index in [1.54, 1.807) is 6.92 Å². The Balaban J connectivity index is 2.36. The Bertz CT molecular complexity index is 506. The average Bonchev–Trinajstić information content (AvgIpc) is 2.32. The molecule has 1 fully saturated rings. The van der Waals surface area contributed by atoms with Crippen LogP contribution in [0.2, 0.25) is 0 Å². The van der Waals surface area contributed by atoms with E-state index in [1.807, 2.05) is 0 Å². The molecule has 2 rings (SSSR count). The molecule has 1 saturated carbocycles. The molecule has 0 heterocycles. The zero-order valence-corrected chi connectivity index (χ0v) is 11.7. The molecule has 0 aliphatic heterocycles. The van der Waals surface area contributed by atoms with Gasteiger partial charge in [0.25, 0.3) is 0 Å². The number of rotatable bonds is 2. The Labute approximate surface area is 113 Å². The third kappa shape index (κ3) is 2.70. The molecule has 19 heavy (non-hydrogen) atoms. The Kier molecular flexibility index (Phi) is 3.75. The van der Waals surface area contributed by atoms with Crippen LogP contribution >= 0.6 is 0 Å². The van der Waals surface area contributed by atoms with Crippen LogP contribution in [0.25, 0.3) is 0 Å². The predicted octanol–water partition coefficient (Wildman–Crippen LogP) is 4.67. The zero-order valence-electron chi connectivity index (χ0n) is 11.7. The molecular formula is C16H20F2O. The number of benzene rings is 1. The van der Waals surface area contributed by atoms with Crippen LogP contribution in [-0.2, 0) is 0 Å². The number of Topliss-reactive ketones (excluding diaryl/α,β-unsaturated/α-hetero) is 1. The fourth-order valence-electron chi connectivity index (χ4n) is 3.01. The molecule has 0 N–H and O–H groups in total. The lowest BCUT2D eigenvalue weighted by molar-refractivity contribution is 0.0693. The lowest BCUT2D eigenvalue weighted by Crippen LogP contribution is -2.34. The van der Waals surface area contributed by atoms with Crippen LogP contribution in [-0.4, -0.2) is 5.78 Å². The van der Waals surface area contributed by atoms with Gasteiger partial charge < -0.3 is 0 Å². The van der Waals surface area contributed by atoms with E-state index in [2.05, 4.69) is 13.8 Å². The Morgan fingerprint density at radius 2 is 1.89 bits per heavy atom. The predicted molar refractivity (Wildman–Crippen MR) is 71.2 cm³/mol. The van der Waals surface area contributed by atoms with Gasteiger partial charge in [-0.3, -0.25) is 4.79 Å². The summed E-state index contributed by atoms with van der Waals surface area (Å²) in [6.45, 7) is 5.67. The van der Waals surface area contributed by atoms with Crippen molar-refractivity contribution in [2.45, 2.75) is 46.5 Å². The molecule has 104 valence electrons. The number of ketones is 1. The van der Waals surface area contributed by atoms with Crippen molar-refractivity contribution in [3.05, 3.63) is 34.9 Å². The van der Waals surface area contributed by atoms with Crippen molar-refractivity contribution in [3.8, 4) is 0 Å². The molecular weight excluding hydrogens is 246 g/mol. The van der Waals surface area contributed by atoms with Crippen molar-refractivity contribution < 1.29 is 13.6 Å². The first-order valence-electron chi connectivity index (χ1n) is 6.83. The highest BCUT2D eigenvalue weighted by atomic mass is 19.1. The fourth-order valence-corrected chi connectivity index (χ4v) is 3.01. The van der Waals surface area contributed by atoms with Gasteiger partial charge in [0.05, 0.1) is 5.56 Å². The monoisotopic (exact) mass is 266 g/mol. The van der Waals surface area contributed by atoms with E-state index in [9.17, 15) is 13.6 Å². The van der Waals surface area contributed by atoms with Crippen molar-refractivity contribution in [3.63, 3.8) is 0 Å². The van der Waals surface area contributed by atoms with Crippen molar-refractivity contribution in [1.82, 2.24) is 0 Å². The zero-order chi connectivity index (χ0) is 14.2. The highest BCUT2D eigenvalue weighted by Gasteiger charge is 2.38. The van der Waals surface area contributed by atoms with Crippen LogP contribution in [0.15, 0.2) is 12.1 Å². The standard InChI is InChI=1S/C16H20F2O/c1-10-8-11(14(18)9-13(10)17)15(19)12-6-4-5-7-16(12,2)3/h8-9,12H,4-7H2,1-3H3. The minimum absolute atomic E-state index is 0.0406. The fraction of sp³-hybridized carbons (Fsp3) is 0.562. The van der Waals surface area contributed by atoms with E-state index < -0.39 is 11.6 Å². The quantitative estimate of drug-likeness (QED) is 0.711. The first kappa shape index (κ1) is 14.2. The Morgan fingerprint density at radius 1 is 1.21 bits per heavy atom. The Hall–Kier alpha value is -1.25. The van der Waals surface area contributed by atoms with Crippen molar-refractivity contribution in [1.29, 1.82) is 0 Å². The summed E-state index contributed by atoms with van der Waals surface area (Å²) in [5, 5.41) is 0. The van der Waals surface area contributed by atoms with Crippen molar-refractivity contribution in [2.75, 3.05) is 0 Å². The maximum Gasteiger partial charge on any atom is 0.169 e. The molecule has 0 bridgehead atoms. The van der Waals surface area contributed by atoms with E-state index in [0.29, 0.717) is 5.56 Å². The largest absolute Gasteiger partial charge is 0.294 e. The summed E-state index contributed by atoms with van der Waals surface area (Å²) in [4.78, 5) is 12.5. The molecule has 1 aromatic rings. The van der Waals surface area contributed by atoms with Gasteiger partial charge in [0.15, 0.2) is 5.78 Å². The second-order valence-electron chi connectivity index (χ2n) is 6.23. The molecule has 3 heteroatoms. The maximum atomic E-state index is 13.8. The lowest BCUT2D eigenvalue weighted by Gasteiger charge is -2.37. The second kappa shape index (κ2) is 5.03. The van der Waals surface area contributed by atoms with Gasteiger partial charge >= 0.3 is 0 Å². The van der Waals surface area contributed by atoms with E-state index in [1.165, 1.54) is 6.07 Å². The topological polar surface area (TPSA) is 17.1 Å². The summed E-state index contributed by atoms with van der Waals surface area (Å²) >= 11 is 0. The summed E-state index contributed by atoms with van der Waals surface area (Å²) in [5.74, 6) is -1.68. The minimum Gasteiger partial charge on any atom is -0.294 e. The van der Waals surface area contributed by atoms with E-state index in [0.717, 1.165) is 31.7 Å². The molecule has 0 radical (unpaired) electrons. The highest BCUT2D eigenvalue weighted by Crippen LogP contribution is 2.42. The SMILES string of the molecule is Cc1cc(C(=O)C2CCCCC2(C)C)c(F)cc1F. The first-order chi connectivity index (χ1) is 8.83. The van der Waals surface area contributed by atoms with Crippen LogP contribution in [0, 0.1) is 29.9 Å². The molecule has 1 atom stereocenters. The Morgan fingerprint density at radius 3 is 2.53 bits per heavy atom. The second-order valence-corrected chi connectivity index (χ2v) is 6.23. The van der Waals surface area contributed by atoms with Crippen LogP contribution in [0.4, 0.5) is 8.78 Å². The smallest absolute Gasteiger partial charge is 0.169 e. The lowest BCUT2D eigenvalue weighted by atomic mass is 9.66. The van der Waals surface area contributed by atoms with Crippen molar-refractivity contribution >= 4 is 5.78 Å². The van der Waals surface area contributed by atoms with Crippen LogP contribution in [0.1, 0.15) is 55.5 Å². The van der Waals surface area contributed by atoms with E-state index in [-0.39, 0.29) is 22.7 Å². The van der Waals surface area contributed by atoms with Gasteiger partial charge in [-0.2, -0.15) is 0 Å². The molecule has 0 spiro atoms. The normalized spacial score (nSPS) is 22.3. The molecule has 0 amide bonds. The van der Waals surface area contributed by atoms with Crippen molar-refractivity contribution in [2.24, 2.45) is 11.3 Å². The molecule has 1 aliphatic rings. The van der Waals surface area contributed by atoms with Crippen LogP contribution in [0.5, 0.6) is 0 Å². The van der Waals surface area contributed by atoms with Gasteiger partial charge in [-0.25, -0.2) is 8.78 Å². The van der Waals surface area contributed by atoms with Gasteiger partial charge in [0.2, 0.25) is 0 Å². The summed E-state index contributed by atoms with van der Waals surface area (Å²) in [7, 11) is 0. The average molecular weight is 266 g/mol. The molecule has 1 aliphatic carbocycles. The number of carbonyl (C=O) groups is 1. The number of aryl methyl sites for hydroxylation is 1. The summed E-state index contributed by atoms with van der Waals surface area (Å²) in [6, 6.07) is 2.16. The van der Waals surface area contributed by atoms with Gasteiger partial charge in [-0.05, 0) is 36.8 Å². The molecule has 0 saturated heterocycles. The van der Waals surface area contributed by atoms with Gasteiger partial charge in [0, 0.05) is 12.0 Å². The minimum atomic E-state index is -0.741. The van der Waals surface area contributed by atoms with E-state index in [4.69, 9.17) is 0 Å². The number of hydrogen-bond acceptors (Lipinski definition) is 1. The summed E-state index contributed by atoms with van der Waals surface area (Å²) in [5.41, 5.74) is 0.251. The van der Waals surface area contributed by atoms with Crippen LogP contribution < -0.4 is 0 Å². The van der Waals surface area contributed by atoms with Crippen LogP contribution in [0.3, 0.4) is 0 Å². The van der Waals surface area contributed by atoms with E-state index >= 15 is 0 Å². The summed E-state index contributed by atoms with van der Waals surface area (Å²) in [6.07, 6.45) is 3.89. The molecule has 1 nitrogen and oxygen atoms in total. The molecule has 1 unspecified atom stereocenters. The maximum absolute atomic E-state index is 13.8. The first-order valence-corrected chi connectivity index (χ1v) is 6.83. The molecule has 1 aromatic carbocycles. The van der Waals surface area contributed by atoms with Gasteiger partial charge in [-0.15, -0.1) is 0 Å². The number of hydrogen-bond donors (Lipinski definition) is 0. The number of halogens is 2. The summed E-state index contributed by atoms with van der Waals surface area (Å²) < 4.78 is 27.1. The van der Waals surface area contributed by atoms with Gasteiger partial charge in [0.1, 0.15) is 11.6 Å². The van der Waals surface area contributed by atoms with Gasteiger partial charge in [-0.1, -0.05) is 26.7 Å². The third-order valence-electron chi connectivity index (χ3n) is 4.34. The highest BCUT2D eigenvalue weighted by molar-refractivity contribution is 5.98. The number of carbonyl (C=O) groups excluding carboxylic acids is 1. The third-order valence-corrected chi connectivity index (χ3v) is 4.34.